The van der Waals surface area contributed by atoms with E-state index in [1.165, 1.54) is 7.11 Å². The normalized spacial score (nSPS) is 12.3. The maximum absolute atomic E-state index is 13.6. The molecule has 2 N–H and O–H groups in total. The molecule has 0 aromatic heterocycles. The zero-order valence-corrected chi connectivity index (χ0v) is 27.2. The third-order valence-corrected chi connectivity index (χ3v) is 6.73. The van der Waals surface area contributed by atoms with Crippen molar-refractivity contribution in [3.8, 4) is 17.2 Å². The molecular weight excluding hydrogens is 606 g/mol. The zero-order valence-electron chi connectivity index (χ0n) is 25.5. The first kappa shape index (κ1) is 34.6. The number of amidine groups is 1. The van der Waals surface area contributed by atoms with Gasteiger partial charge in [-0.25, -0.2) is 0 Å². The molecule has 0 fully saturated rings. The van der Waals surface area contributed by atoms with E-state index in [4.69, 9.17) is 24.4 Å². The molecule has 42 heavy (non-hydrogen) atoms. The molecule has 1 amide bonds. The Morgan fingerprint density at radius 1 is 1.02 bits per heavy atom. The summed E-state index contributed by atoms with van der Waals surface area (Å²) in [5.41, 5.74) is 2.63. The van der Waals surface area contributed by atoms with Gasteiger partial charge in [0.05, 0.1) is 39.0 Å². The van der Waals surface area contributed by atoms with Crippen molar-refractivity contribution in [2.24, 2.45) is 0 Å². The van der Waals surface area contributed by atoms with Crippen molar-refractivity contribution in [3.63, 3.8) is 0 Å². The van der Waals surface area contributed by atoms with E-state index >= 15 is 0 Å². The van der Waals surface area contributed by atoms with Gasteiger partial charge in [-0.2, -0.15) is 0 Å². The van der Waals surface area contributed by atoms with E-state index in [1.54, 1.807) is 37.1 Å². The monoisotopic (exact) mass is 647 g/mol. The van der Waals surface area contributed by atoms with Crippen molar-refractivity contribution in [3.05, 3.63) is 52.1 Å². The molecule has 0 aliphatic carbocycles. The highest BCUT2D eigenvalue weighted by atomic mass is 79.9. The lowest BCUT2D eigenvalue weighted by molar-refractivity contribution is -0.143. The third kappa shape index (κ3) is 8.02. The molecule has 2 aromatic rings. The number of Topliss-reactive ketones (excluding diaryl/α,β-unsaturated/α-hetero) is 1. The number of carbonyl (C=O) groups excluding carboxylic acids is 3. The number of carbonyl (C=O) groups is 3. The summed E-state index contributed by atoms with van der Waals surface area (Å²) in [6, 6.07) is 6.90. The standard InChI is InChI=1S/C31H41N3O7.BrH/c1-8-39-25-15-20-17-34(29(32)21(20)16-22(25)30(37)33-6)18-24(35)19-13-23(31(3,4)5)28(26(14-19)38-7)41-12-10-11-27(36)40-9-2;/h13-16,32H,8-12,17-18H2,1-7H3,(H,33,37);1H. The van der Waals surface area contributed by atoms with E-state index in [-0.39, 0.29) is 65.5 Å². The molecule has 0 spiro atoms. The van der Waals surface area contributed by atoms with Gasteiger partial charge in [0.25, 0.3) is 5.91 Å². The lowest BCUT2D eigenvalue weighted by atomic mass is 9.84. The van der Waals surface area contributed by atoms with E-state index < -0.39 is 0 Å². The molecule has 2 aromatic carbocycles. The van der Waals surface area contributed by atoms with Gasteiger partial charge >= 0.3 is 5.97 Å². The van der Waals surface area contributed by atoms with Crippen molar-refractivity contribution >= 4 is 40.5 Å². The van der Waals surface area contributed by atoms with Gasteiger partial charge in [-0.1, -0.05) is 20.8 Å². The predicted octanol–water partition coefficient (Wildman–Crippen LogP) is 5.07. The van der Waals surface area contributed by atoms with Gasteiger partial charge in [0.2, 0.25) is 0 Å². The fraction of sp³-hybridized carbons (Fsp3) is 0.484. The maximum Gasteiger partial charge on any atom is 0.305 e. The van der Waals surface area contributed by atoms with Crippen LogP contribution in [0.3, 0.4) is 0 Å². The Kier molecular flexibility index (Phi) is 12.4. The summed E-state index contributed by atoms with van der Waals surface area (Å²) in [7, 11) is 3.07. The number of halogens is 1. The Balaban J connectivity index is 0.00000616. The van der Waals surface area contributed by atoms with Gasteiger partial charge in [-0.05, 0) is 55.5 Å². The summed E-state index contributed by atoms with van der Waals surface area (Å²) in [5, 5.41) is 11.3. The number of methoxy groups -OCH3 is 1. The number of nitrogens with zero attached hydrogens (tertiary/aromatic N) is 1. The first-order valence-electron chi connectivity index (χ1n) is 13.8. The number of esters is 1. The lowest BCUT2D eigenvalue weighted by Gasteiger charge is -2.26. The molecule has 3 rings (SSSR count). The molecule has 0 radical (unpaired) electrons. The number of hydrogen-bond donors (Lipinski definition) is 2. The minimum Gasteiger partial charge on any atom is -0.493 e. The predicted molar refractivity (Wildman–Crippen MR) is 166 cm³/mol. The van der Waals surface area contributed by atoms with Crippen LogP contribution in [0.2, 0.25) is 0 Å². The molecular formula is C31H42BrN3O7. The van der Waals surface area contributed by atoms with E-state index in [1.807, 2.05) is 33.8 Å². The minimum absolute atomic E-state index is 0. The van der Waals surface area contributed by atoms with E-state index in [9.17, 15) is 14.4 Å². The molecule has 1 heterocycles. The molecule has 0 saturated heterocycles. The van der Waals surface area contributed by atoms with Crippen molar-refractivity contribution in [1.82, 2.24) is 10.2 Å². The fourth-order valence-corrected chi connectivity index (χ4v) is 4.66. The second-order valence-corrected chi connectivity index (χ2v) is 10.7. The first-order valence-corrected chi connectivity index (χ1v) is 13.8. The van der Waals surface area contributed by atoms with E-state index in [0.717, 1.165) is 11.1 Å². The molecule has 1 aliphatic rings. The number of benzene rings is 2. The zero-order chi connectivity index (χ0) is 30.3. The molecule has 0 bridgehead atoms. The Bertz CT molecular complexity index is 1320. The van der Waals surface area contributed by atoms with Crippen molar-refractivity contribution < 1.29 is 33.3 Å². The Morgan fingerprint density at radius 3 is 2.33 bits per heavy atom. The van der Waals surface area contributed by atoms with Crippen LogP contribution in [0.15, 0.2) is 24.3 Å². The van der Waals surface area contributed by atoms with Crippen LogP contribution in [0.5, 0.6) is 17.2 Å². The summed E-state index contributed by atoms with van der Waals surface area (Å²) in [6.07, 6.45) is 0.731. The summed E-state index contributed by atoms with van der Waals surface area (Å²) in [5.74, 6) is 0.823. The largest absolute Gasteiger partial charge is 0.493 e. The van der Waals surface area contributed by atoms with Gasteiger partial charge in [0.15, 0.2) is 17.3 Å². The highest BCUT2D eigenvalue weighted by Gasteiger charge is 2.31. The lowest BCUT2D eigenvalue weighted by Crippen LogP contribution is -2.30. The highest BCUT2D eigenvalue weighted by Crippen LogP contribution is 2.40. The van der Waals surface area contributed by atoms with Gasteiger partial charge in [-0.15, -0.1) is 17.0 Å². The van der Waals surface area contributed by atoms with E-state index in [2.05, 4.69) is 5.32 Å². The Morgan fingerprint density at radius 2 is 1.74 bits per heavy atom. The second-order valence-electron chi connectivity index (χ2n) is 10.7. The topological polar surface area (TPSA) is 127 Å². The molecule has 1 aliphatic heterocycles. The Labute approximate surface area is 258 Å². The van der Waals surface area contributed by atoms with Crippen molar-refractivity contribution in [1.29, 1.82) is 5.41 Å². The molecule has 0 unspecified atom stereocenters. The van der Waals surface area contributed by atoms with Crippen LogP contribution in [0.1, 0.15) is 84.9 Å². The van der Waals surface area contributed by atoms with Crippen molar-refractivity contribution in [2.75, 3.05) is 40.5 Å². The van der Waals surface area contributed by atoms with Gasteiger partial charge in [0, 0.05) is 36.7 Å². The fourth-order valence-electron chi connectivity index (χ4n) is 4.66. The van der Waals surface area contributed by atoms with Crippen LogP contribution >= 0.6 is 17.0 Å². The summed E-state index contributed by atoms with van der Waals surface area (Å²) in [6.45, 7) is 11.0. The molecule has 0 saturated carbocycles. The minimum atomic E-state index is -0.372. The molecule has 0 atom stereocenters. The highest BCUT2D eigenvalue weighted by molar-refractivity contribution is 8.93. The first-order chi connectivity index (χ1) is 19.4. The SMILES string of the molecule is Br.CCOC(=O)CCCOc1c(OC)cc(C(=O)CN2Cc3cc(OCC)c(C(=O)NC)cc3C2=N)cc1C(C)(C)C. The third-order valence-electron chi connectivity index (χ3n) is 6.73. The molecule has 10 nitrogen and oxygen atoms in total. The van der Waals surface area contributed by atoms with Gasteiger partial charge < -0.3 is 29.2 Å². The molecule has 11 heteroatoms. The number of fused-ring (bicyclic) bond motifs is 1. The van der Waals surface area contributed by atoms with Crippen LogP contribution in [0.4, 0.5) is 0 Å². The maximum atomic E-state index is 13.6. The smallest absolute Gasteiger partial charge is 0.305 e. The quantitative estimate of drug-likeness (QED) is 0.175. The summed E-state index contributed by atoms with van der Waals surface area (Å²) in [4.78, 5) is 39.4. The van der Waals surface area contributed by atoms with E-state index in [0.29, 0.717) is 60.1 Å². The number of ether oxygens (including phenoxy) is 4. The van der Waals surface area contributed by atoms with Crippen LogP contribution in [0.25, 0.3) is 0 Å². The number of ketones is 1. The number of amides is 1. The average Bonchev–Trinajstić information content (AvgIpc) is 3.23. The Hall–Kier alpha value is -3.60. The van der Waals surface area contributed by atoms with Crippen molar-refractivity contribution in [2.45, 2.75) is 59.4 Å². The second kappa shape index (κ2) is 15.0. The van der Waals surface area contributed by atoms with Gasteiger partial charge in [0.1, 0.15) is 11.6 Å². The summed E-state index contributed by atoms with van der Waals surface area (Å²) >= 11 is 0. The van der Waals surface area contributed by atoms with Crippen LogP contribution in [0, 0.1) is 5.41 Å². The average molecular weight is 649 g/mol. The molecule has 230 valence electrons. The number of rotatable bonds is 13. The van der Waals surface area contributed by atoms with Crippen LogP contribution < -0.4 is 19.5 Å². The summed E-state index contributed by atoms with van der Waals surface area (Å²) < 4.78 is 22.4. The van der Waals surface area contributed by atoms with Gasteiger partial charge in [-0.3, -0.25) is 19.8 Å². The number of hydrogen-bond acceptors (Lipinski definition) is 8. The van der Waals surface area contributed by atoms with Crippen LogP contribution in [-0.4, -0.2) is 68.9 Å². The number of nitrogens with one attached hydrogen (secondary N) is 2. The van der Waals surface area contributed by atoms with Crippen LogP contribution in [-0.2, 0) is 21.5 Å².